The van der Waals surface area contributed by atoms with Gasteiger partial charge in [-0.05, 0) is 42.2 Å². The first-order valence-corrected chi connectivity index (χ1v) is 9.59. The monoisotopic (exact) mass is 329 g/mol. The van der Waals surface area contributed by atoms with Crippen molar-refractivity contribution in [1.82, 2.24) is 0 Å². The van der Waals surface area contributed by atoms with E-state index in [1.54, 1.807) is 0 Å². The molecule has 0 amide bonds. The lowest BCUT2D eigenvalue weighted by molar-refractivity contribution is 0.854. The molecule has 0 atom stereocenters. The predicted octanol–water partition coefficient (Wildman–Crippen LogP) is 4.29. The van der Waals surface area contributed by atoms with Crippen LogP contribution in [0.5, 0.6) is 0 Å². The average molecular weight is 329 g/mol. The molecule has 24 heavy (non-hydrogen) atoms. The molecule has 2 heteroatoms. The maximum atomic E-state index is 8.83. The summed E-state index contributed by atoms with van der Waals surface area (Å²) < 4.78 is 0. The fraction of sp³-hybridized carbons (Fsp3) is 0.136. The van der Waals surface area contributed by atoms with Gasteiger partial charge in [0, 0.05) is 6.42 Å². The summed E-state index contributed by atoms with van der Waals surface area (Å²) in [5, 5.41) is 13.0. The highest BCUT2D eigenvalue weighted by Gasteiger charge is 2.18. The Morgan fingerprint density at radius 3 is 1.83 bits per heavy atom. The van der Waals surface area contributed by atoms with Crippen molar-refractivity contribution in [3.63, 3.8) is 0 Å². The molecule has 0 saturated heterocycles. The first-order chi connectivity index (χ1) is 11.9. The smallest absolute Gasteiger partial charge is 0.0621 e. The maximum absolute atomic E-state index is 8.83. The molecule has 0 aliphatic heterocycles. The molecule has 3 rings (SSSR count). The molecule has 3 aromatic carbocycles. The second kappa shape index (κ2) is 8.44. The van der Waals surface area contributed by atoms with Gasteiger partial charge in [0.2, 0.25) is 0 Å². The molecule has 0 spiro atoms. The number of rotatable bonds is 6. The number of unbranched alkanes of at least 4 members (excludes halogenated alkanes) is 1. The van der Waals surface area contributed by atoms with Crippen LogP contribution < -0.4 is 15.9 Å². The zero-order chi connectivity index (χ0) is 16.6. The van der Waals surface area contributed by atoms with E-state index in [0.717, 1.165) is 12.8 Å². The van der Waals surface area contributed by atoms with Crippen molar-refractivity contribution in [3.8, 4) is 6.07 Å². The molecule has 0 heterocycles. The Hall–Kier alpha value is -2.42. The summed E-state index contributed by atoms with van der Waals surface area (Å²) >= 11 is 0. The predicted molar refractivity (Wildman–Crippen MR) is 104 cm³/mol. The third-order valence-electron chi connectivity index (χ3n) is 4.00. The van der Waals surface area contributed by atoms with Crippen molar-refractivity contribution in [1.29, 1.82) is 5.26 Å². The lowest BCUT2D eigenvalue weighted by atomic mass is 10.1. The summed E-state index contributed by atoms with van der Waals surface area (Å²) in [4.78, 5) is 0. The molecule has 0 aliphatic carbocycles. The number of benzene rings is 3. The minimum absolute atomic E-state index is 0.571. The lowest BCUT2D eigenvalue weighted by Gasteiger charge is -2.22. The number of nitriles is 1. The normalized spacial score (nSPS) is 10.5. The molecule has 0 fully saturated rings. The molecule has 0 bridgehead atoms. The third kappa shape index (κ3) is 3.91. The largest absolute Gasteiger partial charge is 0.198 e. The first-order valence-electron chi connectivity index (χ1n) is 8.25. The van der Waals surface area contributed by atoms with Gasteiger partial charge in [-0.2, -0.15) is 5.26 Å². The summed E-state index contributed by atoms with van der Waals surface area (Å²) in [6.45, 7) is 0. The summed E-state index contributed by atoms with van der Waals surface area (Å²) in [5.41, 5.74) is 1.37. The van der Waals surface area contributed by atoms with Crippen molar-refractivity contribution < 1.29 is 0 Å². The Kier molecular flexibility index (Phi) is 5.78. The van der Waals surface area contributed by atoms with E-state index >= 15 is 0 Å². The van der Waals surface area contributed by atoms with Gasteiger partial charge in [-0.1, -0.05) is 84.9 Å². The van der Waals surface area contributed by atoms with E-state index in [-0.39, 0.29) is 0 Å². The zero-order valence-corrected chi connectivity index (χ0v) is 14.5. The molecule has 0 radical (unpaired) electrons. The number of nitrogens with zero attached hydrogens (tertiary/aromatic N) is 1. The van der Waals surface area contributed by atoms with Crippen LogP contribution in [0.25, 0.3) is 0 Å². The van der Waals surface area contributed by atoms with E-state index in [1.807, 2.05) is 0 Å². The van der Waals surface area contributed by atoms with E-state index in [1.165, 1.54) is 21.5 Å². The van der Waals surface area contributed by atoms with Gasteiger partial charge >= 0.3 is 0 Å². The lowest BCUT2D eigenvalue weighted by Crippen LogP contribution is -2.23. The fourth-order valence-electron chi connectivity index (χ4n) is 2.88. The van der Waals surface area contributed by atoms with Gasteiger partial charge in [-0.15, -0.1) is 0 Å². The molecule has 0 unspecified atom stereocenters. The van der Waals surface area contributed by atoms with Crippen molar-refractivity contribution in [2.45, 2.75) is 19.3 Å². The summed E-state index contributed by atoms with van der Waals surface area (Å²) in [7, 11) is -0.571. The molecule has 1 nitrogen and oxygen atoms in total. The quantitative estimate of drug-likeness (QED) is 0.489. The average Bonchev–Trinajstić information content (AvgIpc) is 2.65. The van der Waals surface area contributed by atoms with Gasteiger partial charge < -0.3 is 0 Å². The number of hydrogen-bond donors (Lipinski definition) is 0. The standard InChI is InChI=1S/C22H20NP/c23-18-10-9-12-19-11-7-8-17-22(19)24(20-13-3-1-4-14-20)21-15-5-2-6-16-21/h1-8,11,13-17H,9-10,12H2. The van der Waals surface area contributed by atoms with Gasteiger partial charge in [0.15, 0.2) is 0 Å². The van der Waals surface area contributed by atoms with E-state index in [2.05, 4.69) is 91.0 Å². The highest BCUT2D eigenvalue weighted by atomic mass is 31.1. The molecule has 0 aromatic heterocycles. The Balaban J connectivity index is 2.06. The van der Waals surface area contributed by atoms with Crippen LogP contribution in [-0.2, 0) is 6.42 Å². The van der Waals surface area contributed by atoms with Gasteiger partial charge in [0.1, 0.15) is 0 Å². The van der Waals surface area contributed by atoms with E-state index in [9.17, 15) is 0 Å². The van der Waals surface area contributed by atoms with Crippen LogP contribution in [-0.4, -0.2) is 0 Å². The minimum atomic E-state index is -0.571. The number of hydrogen-bond acceptors (Lipinski definition) is 1. The van der Waals surface area contributed by atoms with Crippen molar-refractivity contribution in [3.05, 3.63) is 90.5 Å². The van der Waals surface area contributed by atoms with Gasteiger partial charge in [-0.25, -0.2) is 0 Å². The third-order valence-corrected chi connectivity index (χ3v) is 6.54. The van der Waals surface area contributed by atoms with E-state index in [4.69, 9.17) is 5.26 Å². The Bertz CT molecular complexity index is 767. The molecule has 3 aromatic rings. The molecule has 118 valence electrons. The maximum Gasteiger partial charge on any atom is 0.0621 e. The second-order valence-corrected chi connectivity index (χ2v) is 7.83. The van der Waals surface area contributed by atoms with Gasteiger partial charge in [0.25, 0.3) is 0 Å². The second-order valence-electron chi connectivity index (χ2n) is 5.65. The van der Waals surface area contributed by atoms with Crippen LogP contribution >= 0.6 is 7.92 Å². The Labute approximate surface area is 145 Å². The van der Waals surface area contributed by atoms with Crippen LogP contribution in [0.3, 0.4) is 0 Å². The first kappa shape index (κ1) is 16.4. The van der Waals surface area contributed by atoms with Crippen LogP contribution in [0.4, 0.5) is 0 Å². The van der Waals surface area contributed by atoms with Crippen molar-refractivity contribution in [2.24, 2.45) is 0 Å². The van der Waals surface area contributed by atoms with Crippen LogP contribution in [0.1, 0.15) is 18.4 Å². The van der Waals surface area contributed by atoms with Crippen molar-refractivity contribution in [2.75, 3.05) is 0 Å². The molecule has 0 saturated carbocycles. The minimum Gasteiger partial charge on any atom is -0.198 e. The molecule has 0 aliphatic rings. The van der Waals surface area contributed by atoms with Crippen LogP contribution in [0.2, 0.25) is 0 Å². The van der Waals surface area contributed by atoms with E-state index in [0.29, 0.717) is 6.42 Å². The van der Waals surface area contributed by atoms with Crippen molar-refractivity contribution >= 4 is 23.8 Å². The number of aryl methyl sites for hydroxylation is 1. The Morgan fingerprint density at radius 2 is 1.25 bits per heavy atom. The zero-order valence-electron chi connectivity index (χ0n) is 13.6. The topological polar surface area (TPSA) is 23.8 Å². The summed E-state index contributed by atoms with van der Waals surface area (Å²) in [5.74, 6) is 0. The highest BCUT2D eigenvalue weighted by molar-refractivity contribution is 7.79. The summed E-state index contributed by atoms with van der Waals surface area (Å²) in [6.07, 6.45) is 2.49. The molecular weight excluding hydrogens is 309 g/mol. The van der Waals surface area contributed by atoms with Crippen LogP contribution in [0, 0.1) is 11.3 Å². The summed E-state index contributed by atoms with van der Waals surface area (Å²) in [6, 6.07) is 32.5. The molecule has 0 N–H and O–H groups in total. The SMILES string of the molecule is N#CCCCc1ccccc1P(c1ccccc1)c1ccccc1. The Morgan fingerprint density at radius 1 is 0.708 bits per heavy atom. The van der Waals surface area contributed by atoms with Gasteiger partial charge in [0.05, 0.1) is 6.07 Å². The van der Waals surface area contributed by atoms with Crippen LogP contribution in [0.15, 0.2) is 84.9 Å². The highest BCUT2D eigenvalue weighted by Crippen LogP contribution is 2.34. The van der Waals surface area contributed by atoms with Gasteiger partial charge in [-0.3, -0.25) is 0 Å². The van der Waals surface area contributed by atoms with E-state index < -0.39 is 7.92 Å². The fourth-order valence-corrected chi connectivity index (χ4v) is 5.38. The molecular formula is C22H20NP.